The van der Waals surface area contributed by atoms with Gasteiger partial charge in [0.15, 0.2) is 0 Å². The van der Waals surface area contributed by atoms with Crippen molar-refractivity contribution in [2.24, 2.45) is 5.92 Å². The summed E-state index contributed by atoms with van der Waals surface area (Å²) in [6.07, 6.45) is 0.618. The number of ether oxygens (including phenoxy) is 1. The number of rotatable bonds is 4. The number of esters is 1. The zero-order valence-electron chi connectivity index (χ0n) is 16.3. The van der Waals surface area contributed by atoms with Crippen LogP contribution in [0.3, 0.4) is 0 Å². The molecule has 0 bridgehead atoms. The highest BCUT2D eigenvalue weighted by Gasteiger charge is 2.40. The van der Waals surface area contributed by atoms with Gasteiger partial charge in [0.25, 0.3) is 0 Å². The van der Waals surface area contributed by atoms with Crippen molar-refractivity contribution in [3.8, 4) is 0 Å². The Hall–Kier alpha value is -3.00. The molecule has 3 rings (SSSR count). The SMILES string of the molecule is CCOC(=O)c1ccc2c(c1)[C@H](Nc1nccc(C)n1)[C@@H](C)[C@H](O)N2C(C)=O. The summed E-state index contributed by atoms with van der Waals surface area (Å²) in [4.78, 5) is 34.3. The van der Waals surface area contributed by atoms with Crippen molar-refractivity contribution in [3.63, 3.8) is 0 Å². The van der Waals surface area contributed by atoms with Gasteiger partial charge in [-0.05, 0) is 43.7 Å². The van der Waals surface area contributed by atoms with Gasteiger partial charge in [-0.2, -0.15) is 0 Å². The third kappa shape index (κ3) is 3.68. The molecule has 8 heteroatoms. The number of carbonyl (C=O) groups excluding carboxylic acids is 2. The van der Waals surface area contributed by atoms with Gasteiger partial charge in [-0.3, -0.25) is 9.69 Å². The zero-order valence-corrected chi connectivity index (χ0v) is 16.3. The van der Waals surface area contributed by atoms with Crippen LogP contribution in [0.2, 0.25) is 0 Å². The molecule has 1 aromatic heterocycles. The fourth-order valence-corrected chi connectivity index (χ4v) is 3.42. The van der Waals surface area contributed by atoms with E-state index in [1.807, 2.05) is 13.8 Å². The molecule has 8 nitrogen and oxygen atoms in total. The van der Waals surface area contributed by atoms with Gasteiger partial charge in [0.05, 0.1) is 23.9 Å². The van der Waals surface area contributed by atoms with E-state index >= 15 is 0 Å². The summed E-state index contributed by atoms with van der Waals surface area (Å²) in [5.74, 6) is -0.690. The van der Waals surface area contributed by atoms with Crippen LogP contribution in [0, 0.1) is 12.8 Å². The standard InChI is InChI=1S/C20H24N4O4/c1-5-28-19(27)14-6-7-16-15(10-14)17(12(3)18(26)24(16)13(4)25)23-20-21-9-8-11(2)22-20/h6-10,12,17-18,26H,5H2,1-4H3,(H,21,22,23)/t12-,17-,18+/m1/s1. The van der Waals surface area contributed by atoms with E-state index in [0.29, 0.717) is 22.8 Å². The van der Waals surface area contributed by atoms with Crippen LogP contribution in [0.25, 0.3) is 0 Å². The third-order valence-electron chi connectivity index (χ3n) is 4.81. The highest BCUT2D eigenvalue weighted by molar-refractivity contribution is 5.96. The van der Waals surface area contributed by atoms with Crippen molar-refractivity contribution in [2.45, 2.75) is 40.0 Å². The largest absolute Gasteiger partial charge is 0.462 e. The number of aromatic nitrogens is 2. The number of benzene rings is 1. The quantitative estimate of drug-likeness (QED) is 0.780. The summed E-state index contributed by atoms with van der Waals surface area (Å²) < 4.78 is 5.10. The molecule has 2 N–H and O–H groups in total. The lowest BCUT2D eigenvalue weighted by Crippen LogP contribution is -2.50. The summed E-state index contributed by atoms with van der Waals surface area (Å²) in [5, 5.41) is 14.0. The first-order valence-corrected chi connectivity index (χ1v) is 9.18. The van der Waals surface area contributed by atoms with E-state index in [9.17, 15) is 14.7 Å². The fraction of sp³-hybridized carbons (Fsp3) is 0.400. The van der Waals surface area contributed by atoms with Crippen LogP contribution in [0.5, 0.6) is 0 Å². The van der Waals surface area contributed by atoms with Gasteiger partial charge in [0.2, 0.25) is 11.9 Å². The Morgan fingerprint density at radius 1 is 1.32 bits per heavy atom. The molecule has 0 unspecified atom stereocenters. The molecule has 1 aromatic carbocycles. The number of carbonyl (C=O) groups is 2. The van der Waals surface area contributed by atoms with Crippen LogP contribution in [0.4, 0.5) is 11.6 Å². The molecular weight excluding hydrogens is 360 g/mol. The summed E-state index contributed by atoms with van der Waals surface area (Å²) in [7, 11) is 0. The minimum Gasteiger partial charge on any atom is -0.462 e. The van der Waals surface area contributed by atoms with Crippen molar-refractivity contribution in [2.75, 3.05) is 16.8 Å². The number of fused-ring (bicyclic) bond motifs is 1. The van der Waals surface area contributed by atoms with Crippen LogP contribution < -0.4 is 10.2 Å². The normalized spacial score (nSPS) is 21.0. The monoisotopic (exact) mass is 384 g/mol. The molecule has 1 aliphatic rings. The smallest absolute Gasteiger partial charge is 0.338 e. The lowest BCUT2D eigenvalue weighted by atomic mass is 9.85. The molecule has 0 fully saturated rings. The fourth-order valence-electron chi connectivity index (χ4n) is 3.42. The number of aliphatic hydroxyl groups excluding tert-OH is 1. The molecule has 0 radical (unpaired) electrons. The van der Waals surface area contributed by atoms with Crippen molar-refractivity contribution in [1.29, 1.82) is 0 Å². The molecule has 0 saturated carbocycles. The van der Waals surface area contributed by atoms with Crippen molar-refractivity contribution in [3.05, 3.63) is 47.3 Å². The Kier molecular flexibility index (Phi) is 5.60. The second-order valence-electron chi connectivity index (χ2n) is 6.80. The Morgan fingerprint density at radius 3 is 2.71 bits per heavy atom. The average molecular weight is 384 g/mol. The zero-order chi connectivity index (χ0) is 20.4. The highest BCUT2D eigenvalue weighted by Crippen LogP contribution is 2.42. The lowest BCUT2D eigenvalue weighted by Gasteiger charge is -2.42. The summed E-state index contributed by atoms with van der Waals surface area (Å²) in [6.45, 7) is 7.09. The Bertz CT molecular complexity index is 902. The number of nitrogens with zero attached hydrogens (tertiary/aromatic N) is 3. The number of anilines is 2. The van der Waals surface area contributed by atoms with E-state index in [1.54, 1.807) is 37.4 Å². The summed E-state index contributed by atoms with van der Waals surface area (Å²) >= 11 is 0. The Labute approximate surface area is 163 Å². The van der Waals surface area contributed by atoms with Crippen LogP contribution in [-0.4, -0.2) is 39.8 Å². The van der Waals surface area contributed by atoms with E-state index in [2.05, 4.69) is 15.3 Å². The molecule has 2 heterocycles. The number of hydrogen-bond donors (Lipinski definition) is 2. The molecule has 2 aromatic rings. The molecular formula is C20H24N4O4. The van der Waals surface area contributed by atoms with E-state index in [4.69, 9.17) is 4.74 Å². The lowest BCUT2D eigenvalue weighted by molar-refractivity contribution is -0.119. The van der Waals surface area contributed by atoms with Crippen molar-refractivity contribution >= 4 is 23.5 Å². The predicted octanol–water partition coefficient (Wildman–Crippen LogP) is 2.44. The van der Waals surface area contributed by atoms with Crippen LogP contribution >= 0.6 is 0 Å². The first-order chi connectivity index (χ1) is 13.3. The molecule has 0 saturated heterocycles. The van der Waals surface area contributed by atoms with Gasteiger partial charge in [-0.25, -0.2) is 14.8 Å². The minimum absolute atomic E-state index is 0.267. The molecule has 1 amide bonds. The summed E-state index contributed by atoms with van der Waals surface area (Å²) in [5.41, 5.74) is 2.41. The van der Waals surface area contributed by atoms with Gasteiger partial charge in [0.1, 0.15) is 6.23 Å². The van der Waals surface area contributed by atoms with Gasteiger partial charge < -0.3 is 15.2 Å². The van der Waals surface area contributed by atoms with E-state index in [1.165, 1.54) is 11.8 Å². The molecule has 0 spiro atoms. The number of amides is 1. The highest BCUT2D eigenvalue weighted by atomic mass is 16.5. The third-order valence-corrected chi connectivity index (χ3v) is 4.81. The van der Waals surface area contributed by atoms with E-state index in [0.717, 1.165) is 5.69 Å². The van der Waals surface area contributed by atoms with Gasteiger partial charge >= 0.3 is 5.97 Å². The molecule has 28 heavy (non-hydrogen) atoms. The molecule has 148 valence electrons. The van der Waals surface area contributed by atoms with E-state index < -0.39 is 18.2 Å². The Balaban J connectivity index is 2.09. The van der Waals surface area contributed by atoms with Crippen LogP contribution in [0.15, 0.2) is 30.5 Å². The van der Waals surface area contributed by atoms with Gasteiger partial charge in [-0.1, -0.05) is 6.92 Å². The van der Waals surface area contributed by atoms with E-state index in [-0.39, 0.29) is 18.4 Å². The molecule has 3 atom stereocenters. The topological polar surface area (TPSA) is 105 Å². The molecule has 0 aliphatic carbocycles. The maximum absolute atomic E-state index is 12.2. The number of aliphatic hydroxyl groups is 1. The first-order valence-electron chi connectivity index (χ1n) is 9.18. The summed E-state index contributed by atoms with van der Waals surface area (Å²) in [6, 6.07) is 6.32. The number of aryl methyl sites for hydroxylation is 1. The predicted molar refractivity (Wildman–Crippen MR) is 104 cm³/mol. The van der Waals surface area contributed by atoms with Crippen LogP contribution in [0.1, 0.15) is 48.4 Å². The Morgan fingerprint density at radius 2 is 2.07 bits per heavy atom. The minimum atomic E-state index is -1.03. The van der Waals surface area contributed by atoms with Crippen LogP contribution in [-0.2, 0) is 9.53 Å². The van der Waals surface area contributed by atoms with Crippen molar-refractivity contribution < 1.29 is 19.4 Å². The second-order valence-corrected chi connectivity index (χ2v) is 6.80. The van der Waals surface area contributed by atoms with Gasteiger partial charge in [0, 0.05) is 24.7 Å². The molecule has 1 aliphatic heterocycles. The van der Waals surface area contributed by atoms with Gasteiger partial charge in [-0.15, -0.1) is 0 Å². The first kappa shape index (κ1) is 19.8. The second kappa shape index (κ2) is 7.93. The number of hydrogen-bond acceptors (Lipinski definition) is 7. The van der Waals surface area contributed by atoms with Crippen molar-refractivity contribution in [1.82, 2.24) is 9.97 Å². The average Bonchev–Trinajstić information content (AvgIpc) is 2.65. The number of nitrogens with one attached hydrogen (secondary N) is 1. The maximum Gasteiger partial charge on any atom is 0.338 e. The maximum atomic E-state index is 12.2.